The molecule has 51 heavy (non-hydrogen) atoms. The zero-order valence-corrected chi connectivity index (χ0v) is 34.3. The summed E-state index contributed by atoms with van der Waals surface area (Å²) in [5, 5.41) is 24.6. The fourth-order valence-electron chi connectivity index (χ4n) is 5.68. The molecule has 0 aliphatic carbocycles. The summed E-state index contributed by atoms with van der Waals surface area (Å²) in [6, 6.07) is -1.04. The highest BCUT2D eigenvalue weighted by molar-refractivity contribution is 7.47. The highest BCUT2D eigenvalue weighted by atomic mass is 31.2. The molecule has 0 saturated heterocycles. The Kier molecular flexibility index (Phi) is 32.4. The number of aliphatic hydroxyl groups excluding tert-OH is 2. The first-order valence-electron chi connectivity index (χ1n) is 20.4. The van der Waals surface area contributed by atoms with Crippen LogP contribution in [0.25, 0.3) is 0 Å². The number of carbonyl (C=O) groups excluding carboxylic acids is 1. The van der Waals surface area contributed by atoms with Crippen molar-refractivity contribution in [3.05, 3.63) is 36.5 Å². The zero-order chi connectivity index (χ0) is 38.1. The summed E-state index contributed by atoms with van der Waals surface area (Å²) >= 11 is 0. The molecule has 0 aliphatic heterocycles. The quantitative estimate of drug-likeness (QED) is 0.0218. The van der Waals surface area contributed by atoms with Gasteiger partial charge < -0.3 is 24.9 Å². The maximum atomic E-state index is 12.9. The molecule has 4 atom stereocenters. The number of quaternary nitrogens is 1. The maximum Gasteiger partial charge on any atom is 0.472 e. The van der Waals surface area contributed by atoms with Crippen LogP contribution in [-0.2, 0) is 18.4 Å². The number of rotatable bonds is 36. The van der Waals surface area contributed by atoms with Crippen molar-refractivity contribution in [2.75, 3.05) is 40.9 Å². The molecule has 10 heteroatoms. The fourth-order valence-corrected chi connectivity index (χ4v) is 6.42. The van der Waals surface area contributed by atoms with Crippen LogP contribution in [-0.4, -0.2) is 84.6 Å². The lowest BCUT2D eigenvalue weighted by Gasteiger charge is -2.28. The van der Waals surface area contributed by atoms with E-state index in [4.69, 9.17) is 9.05 Å². The van der Waals surface area contributed by atoms with Gasteiger partial charge in [0.2, 0.25) is 5.91 Å². The third kappa shape index (κ3) is 34.2. The summed E-state index contributed by atoms with van der Waals surface area (Å²) in [6.45, 7) is 4.45. The van der Waals surface area contributed by atoms with Gasteiger partial charge in [-0.05, 0) is 44.9 Å². The molecule has 0 aliphatic rings. The van der Waals surface area contributed by atoms with Gasteiger partial charge in [-0.25, -0.2) is 4.57 Å². The largest absolute Gasteiger partial charge is 0.472 e. The molecule has 0 saturated carbocycles. The number of nitrogens with one attached hydrogen (secondary N) is 1. The molecular formula is C41H80N2O7P+. The number of hydrogen-bond acceptors (Lipinski definition) is 6. The number of likely N-dealkylation sites (N-methyl/N-ethyl adjacent to an activating group) is 1. The highest BCUT2D eigenvalue weighted by Crippen LogP contribution is 2.43. The van der Waals surface area contributed by atoms with Crippen molar-refractivity contribution in [2.24, 2.45) is 0 Å². The van der Waals surface area contributed by atoms with Crippen LogP contribution in [0.5, 0.6) is 0 Å². The van der Waals surface area contributed by atoms with Crippen LogP contribution in [0, 0.1) is 0 Å². The monoisotopic (exact) mass is 744 g/mol. The Balaban J connectivity index is 4.61. The van der Waals surface area contributed by atoms with Gasteiger partial charge in [-0.15, -0.1) is 0 Å². The van der Waals surface area contributed by atoms with E-state index < -0.39 is 32.7 Å². The predicted octanol–water partition coefficient (Wildman–Crippen LogP) is 9.71. The lowest BCUT2D eigenvalue weighted by molar-refractivity contribution is -0.870. The molecule has 0 aromatic heterocycles. The molecular weight excluding hydrogens is 663 g/mol. The second kappa shape index (κ2) is 33.3. The van der Waals surface area contributed by atoms with E-state index in [0.29, 0.717) is 23.9 Å². The zero-order valence-electron chi connectivity index (χ0n) is 33.4. The van der Waals surface area contributed by atoms with Crippen LogP contribution in [0.1, 0.15) is 162 Å². The molecule has 4 N–H and O–H groups in total. The number of hydrogen-bond donors (Lipinski definition) is 4. The molecule has 9 nitrogen and oxygen atoms in total. The predicted molar refractivity (Wildman–Crippen MR) is 214 cm³/mol. The Bertz CT molecular complexity index is 951. The van der Waals surface area contributed by atoms with Gasteiger partial charge in [-0.2, -0.15) is 0 Å². The summed E-state index contributed by atoms with van der Waals surface area (Å²) in [6.07, 6.45) is 34.8. The van der Waals surface area contributed by atoms with Crippen LogP contribution in [0.15, 0.2) is 36.5 Å². The van der Waals surface area contributed by atoms with Gasteiger partial charge in [0.1, 0.15) is 19.3 Å². The third-order valence-corrected chi connectivity index (χ3v) is 9.98. The smallest absolute Gasteiger partial charge is 0.390 e. The SMILES string of the molecule is CC/C=C\C/C=C\C/C=C\CCCCCCCC(=O)NC(COP(=O)(O)OCC[N+](C)(C)C)C(O)C(O)CCCCCCCCCCCCCC. The van der Waals surface area contributed by atoms with E-state index in [-0.39, 0.29) is 18.9 Å². The normalized spacial score (nSPS) is 15.5. The number of nitrogens with zero attached hydrogens (tertiary/aromatic N) is 1. The van der Waals surface area contributed by atoms with Crippen molar-refractivity contribution in [1.82, 2.24) is 5.32 Å². The molecule has 0 radical (unpaired) electrons. The second-order valence-corrected chi connectivity index (χ2v) is 16.6. The van der Waals surface area contributed by atoms with Gasteiger partial charge in [0.15, 0.2) is 0 Å². The first-order chi connectivity index (χ1) is 24.4. The highest BCUT2D eigenvalue weighted by Gasteiger charge is 2.31. The third-order valence-electron chi connectivity index (χ3n) is 8.99. The molecule has 1 amide bonds. The molecule has 0 spiro atoms. The number of phosphoric ester groups is 1. The summed E-state index contributed by atoms with van der Waals surface area (Å²) < 4.78 is 23.4. The standard InChI is InChI=1S/C41H79N2O7P/c1-6-8-10-12-14-16-18-20-21-22-24-26-28-30-32-34-40(45)42-38(37-50-51(47,48)49-36-35-43(3,4)5)41(46)39(44)33-31-29-27-25-23-19-17-15-13-11-9-7-2/h8,10,14,16,20-21,38-39,41,44,46H,6-7,9,11-13,15,17-19,22-37H2,1-5H3,(H-,42,45,47,48)/p+1/b10-8-,16-14-,21-20-. The molecule has 0 heterocycles. The minimum Gasteiger partial charge on any atom is -0.390 e. The van der Waals surface area contributed by atoms with E-state index in [2.05, 4.69) is 55.6 Å². The average molecular weight is 744 g/mol. The number of aliphatic hydroxyl groups is 2. The first-order valence-corrected chi connectivity index (χ1v) is 21.9. The summed E-state index contributed by atoms with van der Waals surface area (Å²) in [4.78, 5) is 23.1. The van der Waals surface area contributed by atoms with Crippen molar-refractivity contribution in [2.45, 2.75) is 180 Å². The number of amides is 1. The van der Waals surface area contributed by atoms with Crippen molar-refractivity contribution < 1.29 is 38.0 Å². The number of carbonyl (C=O) groups is 1. The Labute approximate surface area is 313 Å². The number of allylic oxidation sites excluding steroid dienone is 6. The first kappa shape index (κ1) is 49.7. The summed E-state index contributed by atoms with van der Waals surface area (Å²) in [7, 11) is 1.42. The molecule has 0 fully saturated rings. The minimum absolute atomic E-state index is 0.0171. The van der Waals surface area contributed by atoms with Gasteiger partial charge in [-0.1, -0.05) is 147 Å². The Morgan fingerprint density at radius 2 is 1.22 bits per heavy atom. The molecule has 0 bridgehead atoms. The van der Waals surface area contributed by atoms with E-state index in [9.17, 15) is 24.5 Å². The molecule has 0 rings (SSSR count). The van der Waals surface area contributed by atoms with E-state index in [1.165, 1.54) is 57.8 Å². The maximum absolute atomic E-state index is 12.9. The lowest BCUT2D eigenvalue weighted by atomic mass is 9.99. The molecule has 0 aromatic carbocycles. The Morgan fingerprint density at radius 1 is 0.706 bits per heavy atom. The van der Waals surface area contributed by atoms with Crippen molar-refractivity contribution in [1.29, 1.82) is 0 Å². The van der Waals surface area contributed by atoms with Crippen LogP contribution >= 0.6 is 7.82 Å². The number of phosphoric acid groups is 1. The van der Waals surface area contributed by atoms with Gasteiger partial charge in [0, 0.05) is 6.42 Å². The van der Waals surface area contributed by atoms with Crippen molar-refractivity contribution in [3.8, 4) is 0 Å². The van der Waals surface area contributed by atoms with Gasteiger partial charge in [0.05, 0.1) is 39.9 Å². The molecule has 300 valence electrons. The van der Waals surface area contributed by atoms with E-state index >= 15 is 0 Å². The fraction of sp³-hybridized carbons (Fsp3) is 0.829. The van der Waals surface area contributed by atoms with Crippen molar-refractivity contribution in [3.63, 3.8) is 0 Å². The molecule has 0 aromatic rings. The Hall–Kier alpha value is -1.32. The van der Waals surface area contributed by atoms with E-state index in [1.54, 1.807) is 0 Å². The second-order valence-electron chi connectivity index (χ2n) is 15.1. The van der Waals surface area contributed by atoms with Gasteiger partial charge in [0.25, 0.3) is 0 Å². The Morgan fingerprint density at radius 3 is 1.78 bits per heavy atom. The minimum atomic E-state index is -4.41. The van der Waals surface area contributed by atoms with Crippen LogP contribution < -0.4 is 5.32 Å². The van der Waals surface area contributed by atoms with Crippen LogP contribution in [0.3, 0.4) is 0 Å². The topological polar surface area (TPSA) is 125 Å². The van der Waals surface area contributed by atoms with E-state index in [1.807, 2.05) is 21.1 Å². The van der Waals surface area contributed by atoms with Crippen LogP contribution in [0.4, 0.5) is 0 Å². The molecule has 4 unspecified atom stereocenters. The number of unbranched alkanes of at least 4 members (excludes halogenated alkanes) is 16. The van der Waals surface area contributed by atoms with Gasteiger partial charge >= 0.3 is 7.82 Å². The van der Waals surface area contributed by atoms with E-state index in [0.717, 1.165) is 70.6 Å². The lowest BCUT2D eigenvalue weighted by Crippen LogP contribution is -2.51. The summed E-state index contributed by atoms with van der Waals surface area (Å²) in [5.41, 5.74) is 0. The average Bonchev–Trinajstić information content (AvgIpc) is 3.07. The van der Waals surface area contributed by atoms with Gasteiger partial charge in [-0.3, -0.25) is 13.8 Å². The van der Waals surface area contributed by atoms with Crippen molar-refractivity contribution >= 4 is 13.7 Å². The summed E-state index contributed by atoms with van der Waals surface area (Å²) in [5.74, 6) is -0.278. The van der Waals surface area contributed by atoms with Crippen LogP contribution in [0.2, 0.25) is 0 Å².